The fourth-order valence-electron chi connectivity index (χ4n) is 4.39. The first-order valence-electron chi connectivity index (χ1n) is 13.5. The Hall–Kier alpha value is -5.26. The van der Waals surface area contributed by atoms with Gasteiger partial charge < -0.3 is 33.6 Å². The third-order valence-corrected chi connectivity index (χ3v) is 6.63. The lowest BCUT2D eigenvalue weighted by molar-refractivity contribution is -0.131. The molecule has 0 radical (unpaired) electrons. The van der Waals surface area contributed by atoms with Crippen LogP contribution in [0.25, 0.3) is 0 Å². The van der Waals surface area contributed by atoms with Crippen molar-refractivity contribution in [2.45, 2.75) is 43.7 Å². The molecule has 42 heavy (non-hydrogen) atoms. The van der Waals surface area contributed by atoms with Gasteiger partial charge in [-0.1, -0.05) is 60.7 Å². The van der Waals surface area contributed by atoms with Crippen LogP contribution in [-0.4, -0.2) is 53.1 Å². The van der Waals surface area contributed by atoms with Crippen LogP contribution in [0.15, 0.2) is 84.1 Å². The van der Waals surface area contributed by atoms with Gasteiger partial charge in [-0.2, -0.15) is 0 Å². The molecule has 1 heterocycles. The van der Waals surface area contributed by atoms with E-state index in [1.165, 1.54) is 0 Å². The summed E-state index contributed by atoms with van der Waals surface area (Å²) in [5.41, 5.74) is 24.7. The fourth-order valence-corrected chi connectivity index (χ4v) is 4.39. The number of guanidine groups is 1. The molecule has 11 N–H and O–H groups in total. The van der Waals surface area contributed by atoms with Crippen molar-refractivity contribution in [3.05, 3.63) is 101 Å². The summed E-state index contributed by atoms with van der Waals surface area (Å²) in [6.45, 7) is 0.270. The van der Waals surface area contributed by atoms with Gasteiger partial charge in [0.25, 0.3) is 0 Å². The maximum atomic E-state index is 13.8. The number of amides is 3. The molecule has 1 unspecified atom stereocenters. The van der Waals surface area contributed by atoms with E-state index < -0.39 is 35.7 Å². The SMILES string of the molecule is N=C(N)c1ccc(CC(C(=O)N[C@@H](Cc2ccccc2)C(=O)N[C@@H](CCCN=C(N)N)C(N)=O)c2cccnc2)cc1. The molecule has 220 valence electrons. The molecule has 0 fully saturated rings. The molecule has 12 nitrogen and oxygen atoms in total. The Kier molecular flexibility index (Phi) is 11.5. The van der Waals surface area contributed by atoms with Gasteiger partial charge in [-0.25, -0.2) is 0 Å². The molecule has 12 heteroatoms. The molecule has 0 aliphatic rings. The molecular weight excluding hydrogens is 534 g/mol. The summed E-state index contributed by atoms with van der Waals surface area (Å²) in [5, 5.41) is 13.2. The lowest BCUT2D eigenvalue weighted by atomic mass is 9.91. The molecule has 2 aromatic carbocycles. The average Bonchev–Trinajstić information content (AvgIpc) is 2.97. The maximum Gasteiger partial charge on any atom is 0.243 e. The molecule has 3 aromatic rings. The first kappa shape index (κ1) is 31.3. The second kappa shape index (κ2) is 15.5. The number of carbonyl (C=O) groups excluding carboxylic acids is 3. The molecule has 0 saturated carbocycles. The minimum Gasteiger partial charge on any atom is -0.384 e. The quantitative estimate of drug-likeness (QED) is 0.0772. The third kappa shape index (κ3) is 9.73. The maximum absolute atomic E-state index is 13.8. The molecule has 0 aliphatic heterocycles. The number of benzene rings is 2. The Balaban J connectivity index is 1.84. The number of rotatable bonds is 15. The molecule has 0 spiro atoms. The number of primary amides is 1. The molecule has 3 rings (SSSR count). The van der Waals surface area contributed by atoms with Crippen LogP contribution in [0.1, 0.15) is 41.0 Å². The number of hydrogen-bond acceptors (Lipinski definition) is 6. The van der Waals surface area contributed by atoms with Crippen LogP contribution >= 0.6 is 0 Å². The second-order valence-corrected chi connectivity index (χ2v) is 9.82. The van der Waals surface area contributed by atoms with E-state index in [1.54, 1.807) is 48.8 Å². The van der Waals surface area contributed by atoms with Gasteiger partial charge in [-0.3, -0.25) is 29.8 Å². The van der Waals surface area contributed by atoms with Gasteiger partial charge in [0.05, 0.1) is 5.92 Å². The summed E-state index contributed by atoms with van der Waals surface area (Å²) in [5.74, 6) is -2.45. The van der Waals surface area contributed by atoms with E-state index in [0.29, 0.717) is 24.0 Å². The van der Waals surface area contributed by atoms with Crippen molar-refractivity contribution in [1.29, 1.82) is 5.41 Å². The highest BCUT2D eigenvalue weighted by atomic mass is 16.2. The summed E-state index contributed by atoms with van der Waals surface area (Å²) in [6, 6.07) is 17.8. The Morgan fingerprint density at radius 3 is 2.07 bits per heavy atom. The lowest BCUT2D eigenvalue weighted by Crippen LogP contribution is -2.54. The normalized spacial score (nSPS) is 12.8. The van der Waals surface area contributed by atoms with Crippen LogP contribution in [0.3, 0.4) is 0 Å². The predicted molar refractivity (Wildman–Crippen MR) is 161 cm³/mol. The molecule has 1 aromatic heterocycles. The van der Waals surface area contributed by atoms with E-state index in [1.807, 2.05) is 30.3 Å². The van der Waals surface area contributed by atoms with E-state index >= 15 is 0 Å². The van der Waals surface area contributed by atoms with E-state index in [4.69, 9.17) is 28.3 Å². The van der Waals surface area contributed by atoms with Gasteiger partial charge in [0, 0.05) is 30.9 Å². The molecular formula is C30H37N9O3. The number of nitrogen functional groups attached to an aromatic ring is 1. The van der Waals surface area contributed by atoms with Crippen molar-refractivity contribution in [3.8, 4) is 0 Å². The van der Waals surface area contributed by atoms with Crippen LogP contribution in [0, 0.1) is 5.41 Å². The predicted octanol–water partition coefficient (Wildman–Crippen LogP) is 0.443. The zero-order valence-corrected chi connectivity index (χ0v) is 23.2. The topological polar surface area (TPSA) is 228 Å². The number of aliphatic imine (C=N–C) groups is 1. The number of nitrogens with two attached hydrogens (primary N) is 4. The van der Waals surface area contributed by atoms with Gasteiger partial charge in [-0.15, -0.1) is 0 Å². The van der Waals surface area contributed by atoms with E-state index in [-0.39, 0.29) is 31.2 Å². The molecule has 3 atom stereocenters. The van der Waals surface area contributed by atoms with Gasteiger partial charge in [0.2, 0.25) is 17.7 Å². The summed E-state index contributed by atoms with van der Waals surface area (Å²) in [4.78, 5) is 47.5. The number of nitrogens with zero attached hydrogens (tertiary/aromatic N) is 2. The van der Waals surface area contributed by atoms with Crippen LogP contribution in [0.4, 0.5) is 0 Å². The Morgan fingerprint density at radius 1 is 0.810 bits per heavy atom. The van der Waals surface area contributed by atoms with Crippen molar-refractivity contribution < 1.29 is 14.4 Å². The highest BCUT2D eigenvalue weighted by Gasteiger charge is 2.29. The number of hydrogen-bond donors (Lipinski definition) is 7. The average molecular weight is 572 g/mol. The lowest BCUT2D eigenvalue weighted by Gasteiger charge is -2.25. The molecule has 3 amide bonds. The van der Waals surface area contributed by atoms with Crippen molar-refractivity contribution in [1.82, 2.24) is 15.6 Å². The summed E-state index contributed by atoms with van der Waals surface area (Å²) in [6.07, 6.45) is 4.35. The van der Waals surface area contributed by atoms with Crippen LogP contribution < -0.4 is 33.6 Å². The molecule has 0 aliphatic carbocycles. The fraction of sp³-hybridized carbons (Fsp3) is 0.267. The van der Waals surface area contributed by atoms with E-state index in [2.05, 4.69) is 20.6 Å². The highest BCUT2D eigenvalue weighted by Crippen LogP contribution is 2.22. The first-order chi connectivity index (χ1) is 20.1. The number of nitrogens with one attached hydrogen (secondary N) is 3. The zero-order valence-electron chi connectivity index (χ0n) is 23.2. The number of aromatic nitrogens is 1. The first-order valence-corrected chi connectivity index (χ1v) is 13.5. The third-order valence-electron chi connectivity index (χ3n) is 6.63. The highest BCUT2D eigenvalue weighted by molar-refractivity contribution is 5.95. The van der Waals surface area contributed by atoms with Crippen molar-refractivity contribution in [2.75, 3.05) is 6.54 Å². The summed E-state index contributed by atoms with van der Waals surface area (Å²) in [7, 11) is 0. The largest absolute Gasteiger partial charge is 0.384 e. The van der Waals surface area contributed by atoms with Gasteiger partial charge in [-0.05, 0) is 42.0 Å². The Morgan fingerprint density at radius 2 is 1.48 bits per heavy atom. The van der Waals surface area contributed by atoms with Crippen molar-refractivity contribution >= 4 is 29.5 Å². The van der Waals surface area contributed by atoms with Crippen LogP contribution in [0.2, 0.25) is 0 Å². The number of pyridine rings is 1. The van der Waals surface area contributed by atoms with E-state index in [0.717, 1.165) is 11.1 Å². The molecule has 0 bridgehead atoms. The van der Waals surface area contributed by atoms with Crippen molar-refractivity contribution in [2.24, 2.45) is 27.9 Å². The minimum atomic E-state index is -1.00. The van der Waals surface area contributed by atoms with Crippen molar-refractivity contribution in [3.63, 3.8) is 0 Å². The summed E-state index contributed by atoms with van der Waals surface area (Å²) >= 11 is 0. The summed E-state index contributed by atoms with van der Waals surface area (Å²) < 4.78 is 0. The molecule has 0 saturated heterocycles. The Labute approximate surface area is 244 Å². The van der Waals surface area contributed by atoms with E-state index in [9.17, 15) is 14.4 Å². The Bertz CT molecular complexity index is 1380. The number of amidine groups is 1. The van der Waals surface area contributed by atoms with Gasteiger partial charge in [0.15, 0.2) is 5.96 Å². The van der Waals surface area contributed by atoms with Crippen LogP contribution in [0.5, 0.6) is 0 Å². The smallest absolute Gasteiger partial charge is 0.243 e. The van der Waals surface area contributed by atoms with Crippen LogP contribution in [-0.2, 0) is 27.2 Å². The monoisotopic (exact) mass is 571 g/mol. The zero-order chi connectivity index (χ0) is 30.5. The standard InChI is InChI=1S/C30H37N9O3/c31-26(32)21-12-10-20(11-13-21)16-23(22-8-4-14-36-18-22)28(41)39-25(17-19-6-2-1-3-7-19)29(42)38-24(27(33)40)9-5-15-37-30(34)35/h1-4,6-8,10-14,18,23-25H,5,9,15-17H2,(H3,31,32)(H2,33,40)(H,38,42)(H,39,41)(H4,34,35,37)/t23?,24-,25-/m0/s1. The number of carbonyl (C=O) groups is 3. The van der Waals surface area contributed by atoms with Gasteiger partial charge >= 0.3 is 0 Å². The minimum absolute atomic E-state index is 0.0524. The second-order valence-electron chi connectivity index (χ2n) is 9.82. The van der Waals surface area contributed by atoms with Gasteiger partial charge in [0.1, 0.15) is 17.9 Å².